The van der Waals surface area contributed by atoms with E-state index in [2.05, 4.69) is 13.8 Å². The minimum Gasteiger partial charge on any atom is -0.378 e. The second-order valence-corrected chi connectivity index (χ2v) is 16.3. The van der Waals surface area contributed by atoms with E-state index in [0.717, 1.165) is 76.4 Å². The van der Waals surface area contributed by atoms with Crippen molar-refractivity contribution < 1.29 is 18.7 Å². The smallest absolute Gasteiger partial charge is 0.151 e. The first-order valence-corrected chi connectivity index (χ1v) is 19.9. The molecule has 5 aliphatic carbocycles. The highest BCUT2D eigenvalue weighted by Crippen LogP contribution is 2.66. The average Bonchev–Trinajstić information content (AvgIpc) is 3.08. The Morgan fingerprint density at radius 1 is 0.523 bits per heavy atom. The van der Waals surface area contributed by atoms with E-state index in [1.54, 1.807) is 0 Å². The summed E-state index contributed by atoms with van der Waals surface area (Å²) in [4.78, 5) is 13.9. The van der Waals surface area contributed by atoms with E-state index in [9.17, 15) is 4.79 Å². The predicted molar refractivity (Wildman–Crippen MR) is 180 cm³/mol. The molecular weight excluding hydrogens is 547 g/mol. The third kappa shape index (κ3) is 8.14. The van der Waals surface area contributed by atoms with Crippen molar-refractivity contribution in [3.63, 3.8) is 0 Å². The number of carbonyl (C=O) groups excluding carboxylic acids is 1. The van der Waals surface area contributed by atoms with Crippen molar-refractivity contribution in [3.05, 3.63) is 0 Å². The SMILES string of the molecule is CCCCCCCO[C@H]1CC[C@H](C2CCC3(CC2)C(=O)C2(CCC([C@H]4CC[C@H](OCCCCCCC)CC4)CC2)C3F)CC1. The van der Waals surface area contributed by atoms with Crippen LogP contribution in [0.15, 0.2) is 0 Å². The number of alkyl halides is 1. The molecule has 0 atom stereocenters. The van der Waals surface area contributed by atoms with Gasteiger partial charge in [-0.2, -0.15) is 0 Å². The number of Topliss-reactive ketones (excluding diaryl/α,β-unsaturated/α-hetero) is 1. The maximum atomic E-state index is 16.3. The fraction of sp³-hybridized carbons (Fsp3) is 0.975. The van der Waals surface area contributed by atoms with Crippen molar-refractivity contribution in [2.24, 2.45) is 34.5 Å². The highest BCUT2D eigenvalue weighted by atomic mass is 19.1. The fourth-order valence-electron chi connectivity index (χ4n) is 10.8. The van der Waals surface area contributed by atoms with Gasteiger partial charge < -0.3 is 9.47 Å². The summed E-state index contributed by atoms with van der Waals surface area (Å²) in [5.41, 5.74) is -1.24. The zero-order chi connectivity index (χ0) is 30.8. The summed E-state index contributed by atoms with van der Waals surface area (Å²) in [5.74, 6) is 3.27. The molecule has 0 aromatic heterocycles. The average molecular weight is 617 g/mol. The lowest BCUT2D eigenvalue weighted by atomic mass is 9.41. The van der Waals surface area contributed by atoms with E-state index in [-0.39, 0.29) is 0 Å². The van der Waals surface area contributed by atoms with Gasteiger partial charge in [0.05, 0.1) is 23.0 Å². The summed E-state index contributed by atoms with van der Waals surface area (Å²) in [6.07, 6.45) is 30.5. The minimum atomic E-state index is -0.882. The van der Waals surface area contributed by atoms with Crippen LogP contribution in [-0.4, -0.2) is 37.4 Å². The molecule has 3 nitrogen and oxygen atoms in total. The van der Waals surface area contributed by atoms with Gasteiger partial charge in [-0.05, 0) is 139 Å². The second kappa shape index (κ2) is 17.1. The van der Waals surface area contributed by atoms with Crippen molar-refractivity contribution >= 4 is 5.78 Å². The Labute approximate surface area is 270 Å². The number of ether oxygens (including phenoxy) is 2. The van der Waals surface area contributed by atoms with Crippen molar-refractivity contribution in [1.82, 2.24) is 0 Å². The number of carbonyl (C=O) groups is 1. The van der Waals surface area contributed by atoms with E-state index in [1.165, 1.54) is 116 Å². The Hall–Kier alpha value is -0.480. The van der Waals surface area contributed by atoms with Gasteiger partial charge in [0.25, 0.3) is 0 Å². The van der Waals surface area contributed by atoms with Crippen LogP contribution in [0, 0.1) is 34.5 Å². The van der Waals surface area contributed by atoms with E-state index in [4.69, 9.17) is 9.47 Å². The summed E-state index contributed by atoms with van der Waals surface area (Å²) >= 11 is 0. The fourth-order valence-corrected chi connectivity index (χ4v) is 10.8. The Bertz CT molecular complexity index is 760. The molecule has 0 saturated heterocycles. The van der Waals surface area contributed by atoms with Crippen molar-refractivity contribution in [2.45, 2.75) is 199 Å². The first-order valence-electron chi connectivity index (χ1n) is 19.9. The van der Waals surface area contributed by atoms with Gasteiger partial charge in [-0.1, -0.05) is 65.2 Å². The number of unbranched alkanes of at least 4 members (excludes halogenated alkanes) is 8. The lowest BCUT2D eigenvalue weighted by molar-refractivity contribution is -0.195. The largest absolute Gasteiger partial charge is 0.378 e. The Morgan fingerprint density at radius 2 is 0.864 bits per heavy atom. The highest BCUT2D eigenvalue weighted by molar-refractivity contribution is 5.98. The van der Waals surface area contributed by atoms with Gasteiger partial charge >= 0.3 is 0 Å². The monoisotopic (exact) mass is 617 g/mol. The topological polar surface area (TPSA) is 35.5 Å². The molecule has 4 heteroatoms. The molecule has 5 fully saturated rings. The van der Waals surface area contributed by atoms with Gasteiger partial charge in [-0.15, -0.1) is 0 Å². The third-order valence-electron chi connectivity index (χ3n) is 13.7. The van der Waals surface area contributed by atoms with Gasteiger partial charge in [0.15, 0.2) is 5.78 Å². The van der Waals surface area contributed by atoms with E-state index < -0.39 is 17.0 Å². The van der Waals surface area contributed by atoms with Crippen LogP contribution < -0.4 is 0 Å². The molecule has 0 unspecified atom stereocenters. The number of hydrogen-bond donors (Lipinski definition) is 0. The zero-order valence-electron chi connectivity index (χ0n) is 28.9. The Kier molecular flexibility index (Phi) is 13.5. The molecule has 0 aromatic rings. The molecule has 44 heavy (non-hydrogen) atoms. The summed E-state index contributed by atoms with van der Waals surface area (Å²) in [7, 11) is 0. The van der Waals surface area contributed by atoms with Gasteiger partial charge in [0.1, 0.15) is 6.17 Å². The molecule has 2 spiro atoms. The molecule has 0 radical (unpaired) electrons. The van der Waals surface area contributed by atoms with Gasteiger partial charge in [0.2, 0.25) is 0 Å². The maximum absolute atomic E-state index is 16.3. The normalized spacial score (nSPS) is 39.5. The Balaban J connectivity index is 0.970. The zero-order valence-corrected chi connectivity index (χ0v) is 28.9. The van der Waals surface area contributed by atoms with Crippen LogP contribution in [0.5, 0.6) is 0 Å². The summed E-state index contributed by atoms with van der Waals surface area (Å²) < 4.78 is 28.7. The Morgan fingerprint density at radius 3 is 1.20 bits per heavy atom. The highest BCUT2D eigenvalue weighted by Gasteiger charge is 2.71. The summed E-state index contributed by atoms with van der Waals surface area (Å²) in [5, 5.41) is 0. The van der Waals surface area contributed by atoms with Gasteiger partial charge in [0, 0.05) is 13.2 Å². The number of halogens is 1. The van der Waals surface area contributed by atoms with Crippen LogP contribution in [0.3, 0.4) is 0 Å². The quantitative estimate of drug-likeness (QED) is 0.162. The van der Waals surface area contributed by atoms with Crippen LogP contribution in [0.25, 0.3) is 0 Å². The molecule has 5 rings (SSSR count). The van der Waals surface area contributed by atoms with Crippen LogP contribution >= 0.6 is 0 Å². The van der Waals surface area contributed by atoms with Crippen molar-refractivity contribution in [3.8, 4) is 0 Å². The maximum Gasteiger partial charge on any atom is 0.151 e. The molecule has 5 saturated carbocycles. The lowest BCUT2D eigenvalue weighted by Crippen LogP contribution is -2.69. The van der Waals surface area contributed by atoms with E-state index in [0.29, 0.717) is 29.8 Å². The van der Waals surface area contributed by atoms with Gasteiger partial charge in [-0.3, -0.25) is 4.79 Å². The predicted octanol–water partition coefficient (Wildman–Crippen LogP) is 11.4. The van der Waals surface area contributed by atoms with E-state index in [1.807, 2.05) is 0 Å². The third-order valence-corrected chi connectivity index (χ3v) is 13.7. The molecule has 0 N–H and O–H groups in total. The molecule has 0 bridgehead atoms. The van der Waals surface area contributed by atoms with Crippen LogP contribution in [0.1, 0.15) is 181 Å². The molecular formula is C40H69FO3. The van der Waals surface area contributed by atoms with Crippen LogP contribution in [-0.2, 0) is 14.3 Å². The molecule has 0 aliphatic heterocycles. The molecule has 254 valence electrons. The first kappa shape index (κ1) is 34.8. The minimum absolute atomic E-state index is 0.349. The number of ketones is 1. The number of rotatable bonds is 16. The van der Waals surface area contributed by atoms with Crippen molar-refractivity contribution in [1.29, 1.82) is 0 Å². The molecule has 5 aliphatic rings. The lowest BCUT2D eigenvalue weighted by Gasteiger charge is -2.62. The molecule has 0 aromatic carbocycles. The van der Waals surface area contributed by atoms with Crippen molar-refractivity contribution in [2.75, 3.05) is 13.2 Å². The van der Waals surface area contributed by atoms with E-state index >= 15 is 4.39 Å². The van der Waals surface area contributed by atoms with Gasteiger partial charge in [-0.25, -0.2) is 4.39 Å². The van der Waals surface area contributed by atoms with Crippen LogP contribution in [0.4, 0.5) is 4.39 Å². The summed E-state index contributed by atoms with van der Waals surface area (Å²) in [6.45, 7) is 6.40. The standard InChI is InChI=1S/C40H69FO3/c1-3-5-7-9-11-29-43-35-17-13-31(14-18-35)33-21-25-39(26-22-33)37(41)40(38(39)42)27-23-34(24-28-40)32-15-19-36(20-16-32)44-30-12-10-8-6-4-2/h31-37H,3-30H2,1-2H3/t31-,32-,33?,34?,35-,36-,37?,39?,40?. The summed E-state index contributed by atoms with van der Waals surface area (Å²) in [6, 6.07) is 0. The number of hydrogen-bond acceptors (Lipinski definition) is 3. The van der Waals surface area contributed by atoms with Crippen LogP contribution in [0.2, 0.25) is 0 Å². The first-order chi connectivity index (χ1) is 21.5. The molecule has 0 heterocycles. The molecule has 0 amide bonds. The second-order valence-electron chi connectivity index (χ2n) is 16.3.